The molecule has 5 rings (SSSR count). The number of hydrogen-bond acceptors (Lipinski definition) is 5. The molecule has 1 aromatic heterocycles. The number of aromatic nitrogens is 1. The molecule has 3 fully saturated rings. The minimum Gasteiger partial charge on any atom is -0.477 e. The second kappa shape index (κ2) is 7.39. The molecule has 2 aromatic rings. The number of carboxylic acid groups (broad SMARTS) is 1. The highest BCUT2D eigenvalue weighted by molar-refractivity contribution is 5.94. The molecule has 11 heteroatoms. The van der Waals surface area contributed by atoms with Crippen LogP contribution in [0.25, 0.3) is 10.9 Å². The van der Waals surface area contributed by atoms with Gasteiger partial charge in [0, 0.05) is 44.8 Å². The lowest BCUT2D eigenvalue weighted by Crippen LogP contribution is -2.44. The molecule has 7 nitrogen and oxygen atoms in total. The number of hydrogen-bond donors (Lipinski definition) is 2. The smallest absolute Gasteiger partial charge is 0.341 e. The Balaban J connectivity index is 0.00000231. The van der Waals surface area contributed by atoms with E-state index in [1.54, 1.807) is 0 Å². The van der Waals surface area contributed by atoms with Gasteiger partial charge in [-0.05, 0) is 12.5 Å². The van der Waals surface area contributed by atoms with Crippen LogP contribution in [0.3, 0.4) is 0 Å². The van der Waals surface area contributed by atoms with E-state index >= 15 is 8.78 Å². The highest BCUT2D eigenvalue weighted by atomic mass is 35.5. The van der Waals surface area contributed by atoms with Crippen molar-refractivity contribution in [2.75, 3.05) is 31.1 Å². The van der Waals surface area contributed by atoms with E-state index in [0.29, 0.717) is 13.2 Å². The van der Waals surface area contributed by atoms with Crippen LogP contribution in [0.4, 0.5) is 18.9 Å². The molecule has 3 N–H and O–H groups in total. The molecular formula is C20H21ClF3N3O4. The maximum absolute atomic E-state index is 15.7. The van der Waals surface area contributed by atoms with Gasteiger partial charge in [0.05, 0.1) is 16.9 Å². The van der Waals surface area contributed by atoms with Gasteiger partial charge in [0.1, 0.15) is 28.8 Å². The Bertz CT molecular complexity index is 1140. The number of carbonyl (C=O) groups is 1. The molecule has 4 atom stereocenters. The van der Waals surface area contributed by atoms with Crippen molar-refractivity contribution in [2.24, 2.45) is 11.7 Å². The fraction of sp³-hybridized carbons (Fsp3) is 0.500. The number of benzene rings is 1. The number of rotatable bonds is 4. The van der Waals surface area contributed by atoms with Gasteiger partial charge < -0.3 is 25.0 Å². The molecule has 2 unspecified atom stereocenters. The van der Waals surface area contributed by atoms with Gasteiger partial charge in [0.15, 0.2) is 5.82 Å². The zero-order chi connectivity index (χ0) is 21.4. The summed E-state index contributed by atoms with van der Waals surface area (Å²) >= 11 is 0. The van der Waals surface area contributed by atoms with Gasteiger partial charge in [0.2, 0.25) is 5.43 Å². The first-order valence-electron chi connectivity index (χ1n) is 9.80. The number of nitrogens with zero attached hydrogens (tertiary/aromatic N) is 2. The first-order chi connectivity index (χ1) is 14.3. The molecule has 0 radical (unpaired) electrons. The fourth-order valence-corrected chi connectivity index (χ4v) is 4.91. The van der Waals surface area contributed by atoms with Gasteiger partial charge in [-0.1, -0.05) is 0 Å². The number of halogens is 4. The SMILES string of the molecule is Cl.NCC12CN(c3c(F)cc4c(=O)c(C(=O)O)cn([C@@H]5C[C@@H]5F)c4c3F)CC1CCO2. The molecule has 0 bridgehead atoms. The highest BCUT2D eigenvalue weighted by Gasteiger charge is 2.51. The summed E-state index contributed by atoms with van der Waals surface area (Å²) in [5.41, 5.74) is 2.93. The van der Waals surface area contributed by atoms with E-state index < -0.39 is 51.8 Å². The van der Waals surface area contributed by atoms with Crippen molar-refractivity contribution in [2.45, 2.75) is 30.7 Å². The van der Waals surface area contributed by atoms with Crippen LogP contribution in [0.1, 0.15) is 29.2 Å². The minimum absolute atomic E-state index is 0. The molecular weight excluding hydrogens is 439 g/mol. The van der Waals surface area contributed by atoms with E-state index in [4.69, 9.17) is 10.5 Å². The van der Waals surface area contributed by atoms with Crippen LogP contribution in [0.15, 0.2) is 17.1 Å². The number of pyridine rings is 1. The Morgan fingerprint density at radius 1 is 1.39 bits per heavy atom. The lowest BCUT2D eigenvalue weighted by Gasteiger charge is -2.27. The zero-order valence-electron chi connectivity index (χ0n) is 16.3. The second-order valence-corrected chi connectivity index (χ2v) is 8.30. The summed E-state index contributed by atoms with van der Waals surface area (Å²) in [4.78, 5) is 25.5. The summed E-state index contributed by atoms with van der Waals surface area (Å²) in [5, 5.41) is 8.88. The second-order valence-electron chi connectivity index (χ2n) is 8.30. The van der Waals surface area contributed by atoms with Crippen LogP contribution in [-0.4, -0.2) is 53.7 Å². The Labute approximate surface area is 181 Å². The lowest BCUT2D eigenvalue weighted by molar-refractivity contribution is 0.0126. The zero-order valence-corrected chi connectivity index (χ0v) is 17.1. The molecule has 3 heterocycles. The average Bonchev–Trinajstić information content (AvgIpc) is 3.12. The topological polar surface area (TPSA) is 97.8 Å². The van der Waals surface area contributed by atoms with Crippen molar-refractivity contribution >= 4 is 35.0 Å². The molecule has 2 aliphatic heterocycles. The molecule has 168 valence electrons. The first-order valence-corrected chi connectivity index (χ1v) is 9.80. The maximum Gasteiger partial charge on any atom is 0.341 e. The predicted molar refractivity (Wildman–Crippen MR) is 109 cm³/mol. The Morgan fingerprint density at radius 3 is 2.68 bits per heavy atom. The molecule has 1 aromatic carbocycles. The summed E-state index contributed by atoms with van der Waals surface area (Å²) in [6.45, 7) is 1.28. The number of fused-ring (bicyclic) bond motifs is 2. The molecule has 3 aliphatic rings. The number of alkyl halides is 1. The first kappa shape index (κ1) is 21.9. The van der Waals surface area contributed by atoms with Crippen LogP contribution < -0.4 is 16.1 Å². The lowest BCUT2D eigenvalue weighted by atomic mass is 9.91. The van der Waals surface area contributed by atoms with Crippen molar-refractivity contribution in [1.29, 1.82) is 0 Å². The fourth-order valence-electron chi connectivity index (χ4n) is 4.91. The third-order valence-electron chi connectivity index (χ3n) is 6.61. The third-order valence-corrected chi connectivity index (χ3v) is 6.61. The number of ether oxygens (including phenoxy) is 1. The van der Waals surface area contributed by atoms with Crippen LogP contribution >= 0.6 is 12.4 Å². The highest BCUT2D eigenvalue weighted by Crippen LogP contribution is 2.45. The van der Waals surface area contributed by atoms with Crippen molar-refractivity contribution in [3.63, 3.8) is 0 Å². The van der Waals surface area contributed by atoms with Gasteiger partial charge in [-0.25, -0.2) is 18.0 Å². The largest absolute Gasteiger partial charge is 0.477 e. The molecule has 31 heavy (non-hydrogen) atoms. The number of anilines is 1. The van der Waals surface area contributed by atoms with Gasteiger partial charge in [-0.15, -0.1) is 12.4 Å². The maximum atomic E-state index is 15.7. The van der Waals surface area contributed by atoms with E-state index in [1.165, 1.54) is 4.90 Å². The van der Waals surface area contributed by atoms with Crippen LogP contribution in [0.2, 0.25) is 0 Å². The number of nitrogens with two attached hydrogens (primary N) is 1. The van der Waals surface area contributed by atoms with Crippen molar-refractivity contribution in [3.8, 4) is 0 Å². The van der Waals surface area contributed by atoms with Gasteiger partial charge in [0.25, 0.3) is 0 Å². The Morgan fingerprint density at radius 2 is 2.10 bits per heavy atom. The molecule has 0 amide bonds. The third kappa shape index (κ3) is 3.11. The summed E-state index contributed by atoms with van der Waals surface area (Å²) in [6.07, 6.45) is 0.456. The van der Waals surface area contributed by atoms with Gasteiger partial charge >= 0.3 is 5.97 Å². The van der Waals surface area contributed by atoms with Crippen LogP contribution in [0.5, 0.6) is 0 Å². The Kier molecular flexibility index (Phi) is 5.22. The molecule has 2 saturated heterocycles. The predicted octanol–water partition coefficient (Wildman–Crippen LogP) is 2.24. The molecule has 1 saturated carbocycles. The van der Waals surface area contributed by atoms with Gasteiger partial charge in [-0.2, -0.15) is 0 Å². The summed E-state index contributed by atoms with van der Waals surface area (Å²) in [7, 11) is 0. The van der Waals surface area contributed by atoms with E-state index in [-0.39, 0.29) is 49.0 Å². The summed E-state index contributed by atoms with van der Waals surface area (Å²) in [5.74, 6) is -3.51. The van der Waals surface area contributed by atoms with Crippen molar-refractivity contribution in [1.82, 2.24) is 4.57 Å². The van der Waals surface area contributed by atoms with Gasteiger partial charge in [-0.3, -0.25) is 4.79 Å². The van der Waals surface area contributed by atoms with Crippen LogP contribution in [-0.2, 0) is 4.74 Å². The quantitative estimate of drug-likeness (QED) is 0.727. The monoisotopic (exact) mass is 459 g/mol. The normalized spacial score (nSPS) is 29.2. The van der Waals surface area contributed by atoms with Crippen molar-refractivity contribution < 1.29 is 27.8 Å². The Hall–Kier alpha value is -2.30. The minimum atomic E-state index is -1.54. The standard InChI is InChI=1S/C20H20F3N3O4.ClH/c21-12-4-14(12)26-6-11(19(28)29)18(27)10-3-13(22)17(15(23)16(10)26)25-5-9-1-2-30-20(9,7-24)8-25;/h3,6,9,12,14H,1-2,4-5,7-8,24H2,(H,28,29);1H/t9?,12-,14+,20?;/m0./s1. The molecule has 0 spiro atoms. The van der Waals surface area contributed by atoms with Crippen LogP contribution in [0, 0.1) is 17.6 Å². The average molecular weight is 460 g/mol. The molecule has 1 aliphatic carbocycles. The van der Waals surface area contributed by atoms with E-state index in [9.17, 15) is 19.1 Å². The van der Waals surface area contributed by atoms with Crippen molar-refractivity contribution in [3.05, 3.63) is 39.7 Å². The summed E-state index contributed by atoms with van der Waals surface area (Å²) < 4.78 is 51.5. The number of aromatic carboxylic acids is 1. The number of carboxylic acids is 1. The van der Waals surface area contributed by atoms with E-state index in [2.05, 4.69) is 0 Å². The van der Waals surface area contributed by atoms with E-state index in [1.807, 2.05) is 0 Å². The summed E-state index contributed by atoms with van der Waals surface area (Å²) in [6, 6.07) is 0.0503. The van der Waals surface area contributed by atoms with E-state index in [0.717, 1.165) is 23.3 Å².